The van der Waals surface area contributed by atoms with Gasteiger partial charge in [0.2, 0.25) is 0 Å². The monoisotopic (exact) mass is 269 g/mol. The molecule has 2 saturated carbocycles. The van der Waals surface area contributed by atoms with Crippen molar-refractivity contribution in [1.82, 2.24) is 0 Å². The maximum Gasteiger partial charge on any atom is 0.132 e. The zero-order valence-electron chi connectivity index (χ0n) is 12.3. The summed E-state index contributed by atoms with van der Waals surface area (Å²) < 4.78 is 0. The Labute approximate surface area is 118 Å². The van der Waals surface area contributed by atoms with E-state index in [4.69, 9.17) is 5.73 Å². The summed E-state index contributed by atoms with van der Waals surface area (Å²) in [6, 6.07) is 0.0419. The first-order valence-electron chi connectivity index (χ1n) is 8.15. The third-order valence-corrected chi connectivity index (χ3v) is 4.19. The molecule has 0 spiro atoms. The lowest BCUT2D eigenvalue weighted by atomic mass is 9.95. The van der Waals surface area contributed by atoms with Crippen LogP contribution in [0.4, 0.5) is 0 Å². The summed E-state index contributed by atoms with van der Waals surface area (Å²) in [5, 5.41) is 9.36. The molecule has 0 aromatic rings. The van der Waals surface area contributed by atoms with Gasteiger partial charge in [0.1, 0.15) is 5.78 Å². The predicted octanol–water partition coefficient (Wildman–Crippen LogP) is 3.33. The Morgan fingerprint density at radius 3 is 1.89 bits per heavy atom. The van der Waals surface area contributed by atoms with Crippen molar-refractivity contribution >= 4 is 5.78 Å². The first kappa shape index (κ1) is 16.6. The minimum absolute atomic E-state index is 0.0419. The van der Waals surface area contributed by atoms with Crippen molar-refractivity contribution in [2.24, 2.45) is 5.73 Å². The minimum atomic E-state index is -0.236. The average molecular weight is 269 g/mol. The van der Waals surface area contributed by atoms with Gasteiger partial charge in [0, 0.05) is 18.9 Å². The summed E-state index contributed by atoms with van der Waals surface area (Å²) in [6.07, 6.45) is 14.4. The third kappa shape index (κ3) is 8.38. The van der Waals surface area contributed by atoms with Crippen LogP contribution in [0.25, 0.3) is 0 Å². The largest absolute Gasteiger partial charge is 0.392 e. The smallest absolute Gasteiger partial charge is 0.132 e. The fourth-order valence-electron chi connectivity index (χ4n) is 2.79. The van der Waals surface area contributed by atoms with Gasteiger partial charge in [-0.25, -0.2) is 0 Å². The summed E-state index contributed by atoms with van der Waals surface area (Å²) in [7, 11) is 0. The van der Waals surface area contributed by atoms with E-state index in [1.807, 2.05) is 0 Å². The molecule has 2 aliphatic carbocycles. The molecule has 2 aliphatic rings. The van der Waals surface area contributed by atoms with Crippen LogP contribution in [0.5, 0.6) is 0 Å². The predicted molar refractivity (Wildman–Crippen MR) is 79.0 cm³/mol. The van der Waals surface area contributed by atoms with Crippen LogP contribution in [0.1, 0.15) is 83.5 Å². The molecule has 3 heteroatoms. The zero-order valence-corrected chi connectivity index (χ0v) is 12.3. The van der Waals surface area contributed by atoms with Crippen LogP contribution < -0.4 is 5.73 Å². The van der Waals surface area contributed by atoms with E-state index >= 15 is 0 Å². The molecule has 0 heterocycles. The Morgan fingerprint density at radius 2 is 1.26 bits per heavy atom. The maximum absolute atomic E-state index is 10.8. The first-order chi connectivity index (χ1) is 9.20. The molecule has 0 bridgehead atoms. The van der Waals surface area contributed by atoms with Gasteiger partial charge < -0.3 is 10.8 Å². The molecule has 112 valence electrons. The summed E-state index contributed by atoms with van der Waals surface area (Å²) in [4.78, 5) is 10.8. The number of hydrogen-bond donors (Lipinski definition) is 2. The molecule has 0 saturated heterocycles. The number of nitrogens with two attached hydrogens (primary N) is 1. The summed E-state index contributed by atoms with van der Waals surface area (Å²) in [6.45, 7) is 0. The fraction of sp³-hybridized carbons (Fsp3) is 0.938. The van der Waals surface area contributed by atoms with Crippen LogP contribution in [0.15, 0.2) is 0 Å². The van der Waals surface area contributed by atoms with E-state index in [9.17, 15) is 9.90 Å². The molecule has 0 aliphatic heterocycles. The van der Waals surface area contributed by atoms with Crippen LogP contribution in [-0.2, 0) is 4.79 Å². The quantitative estimate of drug-likeness (QED) is 0.709. The molecule has 0 aromatic carbocycles. The first-order valence-corrected chi connectivity index (χ1v) is 8.15. The molecule has 2 rings (SSSR count). The number of carbonyl (C=O) groups is 1. The Morgan fingerprint density at radius 1 is 0.789 bits per heavy atom. The van der Waals surface area contributed by atoms with Gasteiger partial charge >= 0.3 is 0 Å². The lowest BCUT2D eigenvalue weighted by Crippen LogP contribution is -2.35. The number of aliphatic hydroxyl groups excluding tert-OH is 1. The Hall–Kier alpha value is -0.410. The van der Waals surface area contributed by atoms with E-state index < -0.39 is 0 Å². The highest BCUT2D eigenvalue weighted by molar-refractivity contribution is 5.78. The Bertz CT molecular complexity index is 221. The van der Waals surface area contributed by atoms with Gasteiger partial charge in [0.15, 0.2) is 0 Å². The number of Topliss-reactive ketones (excluding diaryl/α,β-unsaturated/α-hetero) is 1. The number of rotatable bonds is 0. The van der Waals surface area contributed by atoms with Gasteiger partial charge in [-0.2, -0.15) is 0 Å². The van der Waals surface area contributed by atoms with Crippen molar-refractivity contribution < 1.29 is 9.90 Å². The van der Waals surface area contributed by atoms with E-state index in [2.05, 4.69) is 0 Å². The molecule has 0 radical (unpaired) electrons. The highest BCUT2D eigenvalue weighted by Gasteiger charge is 2.15. The molecule has 3 nitrogen and oxygen atoms in total. The van der Waals surface area contributed by atoms with E-state index in [1.54, 1.807) is 0 Å². The fourth-order valence-corrected chi connectivity index (χ4v) is 2.79. The molecule has 2 atom stereocenters. The highest BCUT2D eigenvalue weighted by Crippen LogP contribution is 2.16. The van der Waals surface area contributed by atoms with E-state index in [-0.39, 0.29) is 12.1 Å². The molecule has 2 fully saturated rings. The van der Waals surface area contributed by atoms with Crippen molar-refractivity contribution in [2.45, 2.75) is 95.6 Å². The van der Waals surface area contributed by atoms with Gasteiger partial charge in [-0.3, -0.25) is 4.79 Å². The molecule has 0 aromatic heterocycles. The molecule has 0 amide bonds. The lowest BCUT2D eigenvalue weighted by molar-refractivity contribution is -0.119. The van der Waals surface area contributed by atoms with Crippen LogP contribution in [-0.4, -0.2) is 23.0 Å². The van der Waals surface area contributed by atoms with Crippen LogP contribution in [0, 0.1) is 0 Å². The van der Waals surface area contributed by atoms with E-state index in [0.29, 0.717) is 5.78 Å². The van der Waals surface area contributed by atoms with E-state index in [1.165, 1.54) is 38.5 Å². The molecule has 19 heavy (non-hydrogen) atoms. The van der Waals surface area contributed by atoms with Gasteiger partial charge in [0.25, 0.3) is 0 Å². The van der Waals surface area contributed by atoms with Crippen molar-refractivity contribution in [1.29, 1.82) is 0 Å². The number of ketones is 1. The van der Waals surface area contributed by atoms with Gasteiger partial charge in [0.05, 0.1) is 6.10 Å². The maximum atomic E-state index is 10.8. The number of carbonyl (C=O) groups excluding carboxylic acids is 1. The van der Waals surface area contributed by atoms with Crippen LogP contribution in [0.3, 0.4) is 0 Å². The second-order valence-corrected chi connectivity index (χ2v) is 6.03. The van der Waals surface area contributed by atoms with Gasteiger partial charge in [-0.15, -0.1) is 0 Å². The molecule has 3 N–H and O–H groups in total. The van der Waals surface area contributed by atoms with Gasteiger partial charge in [-0.05, 0) is 25.7 Å². The summed E-state index contributed by atoms with van der Waals surface area (Å²) >= 11 is 0. The lowest BCUT2D eigenvalue weighted by Gasteiger charge is -2.21. The van der Waals surface area contributed by atoms with Crippen LogP contribution in [0.2, 0.25) is 0 Å². The van der Waals surface area contributed by atoms with Crippen molar-refractivity contribution in [3.63, 3.8) is 0 Å². The van der Waals surface area contributed by atoms with Crippen LogP contribution >= 0.6 is 0 Å². The molecular formula is C16H31NO2. The number of aliphatic hydroxyl groups is 1. The minimum Gasteiger partial charge on any atom is -0.392 e. The topological polar surface area (TPSA) is 63.3 Å². The SMILES string of the molecule is NC1CCCCCCC1O.O=C1CCCCCCC1. The second-order valence-electron chi connectivity index (χ2n) is 6.03. The summed E-state index contributed by atoms with van der Waals surface area (Å²) in [5.41, 5.74) is 5.70. The summed E-state index contributed by atoms with van der Waals surface area (Å²) in [5.74, 6) is 0.481. The molecular weight excluding hydrogens is 238 g/mol. The second kappa shape index (κ2) is 10.4. The Kier molecular flexibility index (Phi) is 9.10. The normalized spacial score (nSPS) is 30.1. The standard InChI is InChI=1S/C8H17NO.C8H14O/c9-7-5-3-1-2-4-6-8(7)10;9-8-6-4-2-1-3-5-7-8/h7-8,10H,1-6,9H2;1-7H2. The van der Waals surface area contributed by atoms with Crippen molar-refractivity contribution in [3.05, 3.63) is 0 Å². The third-order valence-electron chi connectivity index (χ3n) is 4.19. The zero-order chi connectivity index (χ0) is 13.9. The number of hydrogen-bond acceptors (Lipinski definition) is 3. The van der Waals surface area contributed by atoms with Crippen molar-refractivity contribution in [2.75, 3.05) is 0 Å². The van der Waals surface area contributed by atoms with Gasteiger partial charge in [-0.1, -0.05) is 44.9 Å². The van der Waals surface area contributed by atoms with E-state index in [0.717, 1.165) is 44.9 Å². The van der Waals surface area contributed by atoms with Crippen molar-refractivity contribution in [3.8, 4) is 0 Å². The molecule has 2 unspecified atom stereocenters. The Balaban J connectivity index is 0.000000191. The highest BCUT2D eigenvalue weighted by atomic mass is 16.3. The average Bonchev–Trinajstić information content (AvgIpc) is 2.36.